The normalized spacial score (nSPS) is 10.1. The average Bonchev–Trinajstić information content (AvgIpc) is 2.50. The number of likely N-dealkylation sites (N-methyl/N-ethyl adjacent to an activating group) is 1. The van der Waals surface area contributed by atoms with Crippen LogP contribution in [-0.4, -0.2) is 45.6 Å². The Morgan fingerprint density at radius 1 is 1.33 bits per heavy atom. The Balaban J connectivity index is 2.11. The number of carboxylic acid groups (broad SMARTS) is 1. The van der Waals surface area contributed by atoms with E-state index in [1.54, 1.807) is 6.07 Å². The second-order valence-corrected chi connectivity index (χ2v) is 5.46. The number of aromatic nitrogens is 2. The van der Waals surface area contributed by atoms with Crippen LogP contribution in [-0.2, 0) is 4.79 Å². The third-order valence-electron chi connectivity index (χ3n) is 3.10. The molecule has 1 aromatic carbocycles. The van der Waals surface area contributed by atoms with E-state index in [4.69, 9.17) is 16.7 Å². The molecule has 126 valence electrons. The lowest BCUT2D eigenvalue weighted by Gasteiger charge is -2.15. The van der Waals surface area contributed by atoms with Crippen molar-refractivity contribution in [2.24, 2.45) is 0 Å². The van der Waals surface area contributed by atoms with E-state index in [2.05, 4.69) is 20.6 Å². The molecule has 8 nitrogen and oxygen atoms in total. The number of hydrogen-bond acceptors (Lipinski definition) is 5. The molecule has 0 spiro atoms. The summed E-state index contributed by atoms with van der Waals surface area (Å²) < 4.78 is 0. The molecular weight excluding hydrogens is 334 g/mol. The van der Waals surface area contributed by atoms with Crippen LogP contribution in [0.4, 0.5) is 22.0 Å². The standard InChI is InChI=1S/C15H16ClN5O3/c1-9-3-4-10(18-13-7-17-6-12(16)20-13)5-11(9)19-14(22)8-21(2)15(23)24/h3-7H,8H2,1-2H3,(H,18,20)(H,19,22)(H,23,24). The van der Waals surface area contributed by atoms with E-state index in [0.717, 1.165) is 10.5 Å². The topological polar surface area (TPSA) is 107 Å². The molecule has 9 heteroatoms. The summed E-state index contributed by atoms with van der Waals surface area (Å²) in [6.45, 7) is 1.58. The fraction of sp³-hybridized carbons (Fsp3) is 0.200. The second kappa shape index (κ2) is 7.60. The molecule has 0 bridgehead atoms. The zero-order valence-electron chi connectivity index (χ0n) is 13.1. The molecule has 0 aliphatic rings. The van der Waals surface area contributed by atoms with Crippen molar-refractivity contribution in [1.82, 2.24) is 14.9 Å². The lowest BCUT2D eigenvalue weighted by molar-refractivity contribution is -0.116. The zero-order valence-corrected chi connectivity index (χ0v) is 13.8. The maximum atomic E-state index is 11.9. The third kappa shape index (κ3) is 4.82. The molecule has 24 heavy (non-hydrogen) atoms. The Labute approximate surface area is 143 Å². The summed E-state index contributed by atoms with van der Waals surface area (Å²) in [5.41, 5.74) is 2.09. The first-order valence-corrected chi connectivity index (χ1v) is 7.32. The maximum Gasteiger partial charge on any atom is 0.407 e. The van der Waals surface area contributed by atoms with Crippen molar-refractivity contribution >= 4 is 40.8 Å². The fourth-order valence-corrected chi connectivity index (χ4v) is 2.00. The number of anilines is 3. The molecule has 1 aromatic heterocycles. The van der Waals surface area contributed by atoms with Crippen LogP contribution >= 0.6 is 11.6 Å². The van der Waals surface area contributed by atoms with Crippen molar-refractivity contribution in [3.8, 4) is 0 Å². The minimum atomic E-state index is -1.17. The monoisotopic (exact) mass is 349 g/mol. The Morgan fingerprint density at radius 2 is 2.08 bits per heavy atom. The van der Waals surface area contributed by atoms with Crippen molar-refractivity contribution in [1.29, 1.82) is 0 Å². The first-order chi connectivity index (χ1) is 11.3. The van der Waals surface area contributed by atoms with Gasteiger partial charge >= 0.3 is 6.09 Å². The number of benzene rings is 1. The van der Waals surface area contributed by atoms with Gasteiger partial charge in [-0.15, -0.1) is 0 Å². The maximum absolute atomic E-state index is 11.9. The highest BCUT2D eigenvalue weighted by Crippen LogP contribution is 2.23. The largest absolute Gasteiger partial charge is 0.465 e. The van der Waals surface area contributed by atoms with E-state index in [1.807, 2.05) is 19.1 Å². The number of amides is 2. The van der Waals surface area contributed by atoms with Crippen molar-refractivity contribution < 1.29 is 14.7 Å². The first kappa shape index (κ1) is 17.5. The van der Waals surface area contributed by atoms with Gasteiger partial charge < -0.3 is 20.6 Å². The van der Waals surface area contributed by atoms with E-state index in [0.29, 0.717) is 17.2 Å². The third-order valence-corrected chi connectivity index (χ3v) is 3.28. The van der Waals surface area contributed by atoms with Crippen molar-refractivity contribution in [3.63, 3.8) is 0 Å². The smallest absolute Gasteiger partial charge is 0.407 e. The lowest BCUT2D eigenvalue weighted by atomic mass is 10.1. The molecular formula is C15H16ClN5O3. The minimum absolute atomic E-state index is 0.258. The molecule has 0 radical (unpaired) electrons. The molecule has 1 heterocycles. The molecule has 0 fully saturated rings. The van der Waals surface area contributed by atoms with Crippen LogP contribution in [0, 0.1) is 6.92 Å². The predicted octanol–water partition coefficient (Wildman–Crippen LogP) is 2.73. The van der Waals surface area contributed by atoms with E-state index < -0.39 is 12.0 Å². The number of carbonyl (C=O) groups is 2. The number of hydrogen-bond donors (Lipinski definition) is 3. The van der Waals surface area contributed by atoms with Gasteiger partial charge in [0.1, 0.15) is 11.7 Å². The second-order valence-electron chi connectivity index (χ2n) is 5.07. The number of aryl methyl sites for hydroxylation is 1. The number of carbonyl (C=O) groups excluding carboxylic acids is 1. The molecule has 0 saturated heterocycles. The fourth-order valence-electron chi connectivity index (χ4n) is 1.86. The van der Waals surface area contributed by atoms with E-state index >= 15 is 0 Å². The van der Waals surface area contributed by atoms with Gasteiger partial charge in [-0.3, -0.25) is 9.78 Å². The average molecular weight is 350 g/mol. The van der Waals surface area contributed by atoms with Crippen LogP contribution in [0.3, 0.4) is 0 Å². The summed E-state index contributed by atoms with van der Waals surface area (Å²) in [4.78, 5) is 31.6. The van der Waals surface area contributed by atoms with Crippen LogP contribution in [0.2, 0.25) is 5.15 Å². The molecule has 2 rings (SSSR count). The van der Waals surface area contributed by atoms with E-state index in [9.17, 15) is 9.59 Å². The molecule has 2 aromatic rings. The highest BCUT2D eigenvalue weighted by molar-refractivity contribution is 6.29. The number of rotatable bonds is 5. The van der Waals surface area contributed by atoms with Gasteiger partial charge in [-0.2, -0.15) is 0 Å². The van der Waals surface area contributed by atoms with Gasteiger partial charge in [0.2, 0.25) is 5.91 Å². The van der Waals surface area contributed by atoms with Gasteiger partial charge in [0.25, 0.3) is 0 Å². The molecule has 2 amide bonds. The van der Waals surface area contributed by atoms with Crippen LogP contribution in [0.1, 0.15) is 5.56 Å². The quantitative estimate of drug-likeness (QED) is 0.766. The van der Waals surface area contributed by atoms with Crippen LogP contribution < -0.4 is 10.6 Å². The van der Waals surface area contributed by atoms with Gasteiger partial charge in [-0.25, -0.2) is 9.78 Å². The minimum Gasteiger partial charge on any atom is -0.465 e. The predicted molar refractivity (Wildman–Crippen MR) is 90.8 cm³/mol. The lowest BCUT2D eigenvalue weighted by Crippen LogP contribution is -2.33. The Morgan fingerprint density at radius 3 is 2.75 bits per heavy atom. The van der Waals surface area contributed by atoms with E-state index in [1.165, 1.54) is 19.4 Å². The Bertz CT molecular complexity index is 769. The molecule has 3 N–H and O–H groups in total. The summed E-state index contributed by atoms with van der Waals surface area (Å²) in [7, 11) is 1.32. The zero-order chi connectivity index (χ0) is 17.7. The van der Waals surface area contributed by atoms with Crippen LogP contribution in [0.5, 0.6) is 0 Å². The van der Waals surface area contributed by atoms with Gasteiger partial charge in [0, 0.05) is 18.4 Å². The Kier molecular flexibility index (Phi) is 5.54. The summed E-state index contributed by atoms with van der Waals surface area (Å²) in [5, 5.41) is 14.8. The highest BCUT2D eigenvalue weighted by atomic mass is 35.5. The Hall–Kier alpha value is -2.87. The van der Waals surface area contributed by atoms with E-state index in [-0.39, 0.29) is 11.7 Å². The molecule has 0 aliphatic carbocycles. The first-order valence-electron chi connectivity index (χ1n) is 6.94. The van der Waals surface area contributed by atoms with Gasteiger partial charge in [0.05, 0.1) is 12.4 Å². The summed E-state index contributed by atoms with van der Waals surface area (Å²) >= 11 is 5.79. The molecule has 0 aliphatic heterocycles. The van der Waals surface area contributed by atoms with Crippen molar-refractivity contribution in [3.05, 3.63) is 41.3 Å². The van der Waals surface area contributed by atoms with Gasteiger partial charge in [0.15, 0.2) is 5.82 Å². The SMILES string of the molecule is Cc1ccc(Nc2cncc(Cl)n2)cc1NC(=O)CN(C)C(=O)O. The summed E-state index contributed by atoms with van der Waals surface area (Å²) in [6, 6.07) is 5.35. The molecule has 0 saturated carbocycles. The molecule has 0 unspecified atom stereocenters. The highest BCUT2D eigenvalue weighted by Gasteiger charge is 2.12. The summed E-state index contributed by atoms with van der Waals surface area (Å²) in [6.07, 6.45) is 1.77. The number of halogens is 1. The van der Waals surface area contributed by atoms with Crippen LogP contribution in [0.25, 0.3) is 0 Å². The van der Waals surface area contributed by atoms with Crippen molar-refractivity contribution in [2.45, 2.75) is 6.92 Å². The number of nitrogens with one attached hydrogen (secondary N) is 2. The van der Waals surface area contributed by atoms with Gasteiger partial charge in [-0.05, 0) is 24.6 Å². The van der Waals surface area contributed by atoms with Crippen molar-refractivity contribution in [2.75, 3.05) is 24.2 Å². The van der Waals surface area contributed by atoms with Gasteiger partial charge in [-0.1, -0.05) is 17.7 Å². The molecule has 0 atom stereocenters. The summed E-state index contributed by atoms with van der Waals surface area (Å²) in [5.74, 6) is 0.0388. The number of nitrogens with zero attached hydrogens (tertiary/aromatic N) is 3. The van der Waals surface area contributed by atoms with Crippen LogP contribution in [0.15, 0.2) is 30.6 Å².